The Kier molecular flexibility index (Phi) is 3.60. The van der Waals surface area contributed by atoms with E-state index in [9.17, 15) is 0 Å². The van der Waals surface area contributed by atoms with Crippen molar-refractivity contribution in [1.82, 2.24) is 4.98 Å². The van der Waals surface area contributed by atoms with E-state index in [2.05, 4.69) is 17.6 Å². The van der Waals surface area contributed by atoms with Crippen molar-refractivity contribution in [2.75, 3.05) is 0 Å². The van der Waals surface area contributed by atoms with Crippen LogP contribution in [0.4, 0.5) is 0 Å². The van der Waals surface area contributed by atoms with Crippen molar-refractivity contribution < 1.29 is 0 Å². The van der Waals surface area contributed by atoms with Crippen molar-refractivity contribution in [2.45, 2.75) is 38.5 Å². The molecule has 0 spiro atoms. The van der Waals surface area contributed by atoms with Crippen LogP contribution in [-0.2, 0) is 6.42 Å². The number of hydrogen-bond donors (Lipinski definition) is 1. The van der Waals surface area contributed by atoms with Gasteiger partial charge in [-0.15, -0.1) is 0 Å². The fourth-order valence-electron chi connectivity index (χ4n) is 2.46. The van der Waals surface area contributed by atoms with Gasteiger partial charge in [-0.1, -0.05) is 44.7 Å². The van der Waals surface area contributed by atoms with E-state index in [0.717, 1.165) is 11.6 Å². The molecule has 0 unspecified atom stereocenters. The molecule has 0 aromatic carbocycles. The maximum Gasteiger partial charge on any atom is 0.0852 e. The SMILES string of the molecule is C=C(N)c1ccc(CC2CCCCC2)cn1. The molecule has 0 saturated heterocycles. The molecule has 0 bridgehead atoms. The molecule has 1 heterocycles. The van der Waals surface area contributed by atoms with E-state index in [1.54, 1.807) is 0 Å². The molecule has 1 aliphatic carbocycles. The highest BCUT2D eigenvalue weighted by Gasteiger charge is 2.13. The second-order valence-electron chi connectivity index (χ2n) is 4.79. The Morgan fingerprint density at radius 1 is 1.31 bits per heavy atom. The topological polar surface area (TPSA) is 38.9 Å². The molecule has 2 nitrogen and oxygen atoms in total. The summed E-state index contributed by atoms with van der Waals surface area (Å²) in [6.07, 6.45) is 10.1. The van der Waals surface area contributed by atoms with Crippen LogP contribution in [0.15, 0.2) is 24.9 Å². The minimum Gasteiger partial charge on any atom is -0.397 e. The van der Waals surface area contributed by atoms with Crippen molar-refractivity contribution in [3.63, 3.8) is 0 Å². The predicted octanol–water partition coefficient (Wildman–Crippen LogP) is 3.13. The highest BCUT2D eigenvalue weighted by molar-refractivity contribution is 5.56. The summed E-state index contributed by atoms with van der Waals surface area (Å²) in [5.41, 5.74) is 8.27. The fraction of sp³-hybridized carbons (Fsp3) is 0.500. The molecule has 2 rings (SSSR count). The third-order valence-corrected chi connectivity index (χ3v) is 3.40. The van der Waals surface area contributed by atoms with Crippen LogP contribution in [-0.4, -0.2) is 4.98 Å². The summed E-state index contributed by atoms with van der Waals surface area (Å²) < 4.78 is 0. The zero-order valence-electron chi connectivity index (χ0n) is 9.78. The number of pyridine rings is 1. The Morgan fingerprint density at radius 2 is 2.06 bits per heavy atom. The summed E-state index contributed by atoms with van der Waals surface area (Å²) in [7, 11) is 0. The smallest absolute Gasteiger partial charge is 0.0852 e. The Balaban J connectivity index is 1.96. The van der Waals surface area contributed by atoms with E-state index in [-0.39, 0.29) is 0 Å². The molecule has 0 aliphatic heterocycles. The van der Waals surface area contributed by atoms with Crippen molar-refractivity contribution >= 4 is 5.70 Å². The molecule has 0 radical (unpaired) electrons. The summed E-state index contributed by atoms with van der Waals surface area (Å²) in [4.78, 5) is 4.32. The van der Waals surface area contributed by atoms with Gasteiger partial charge in [0.2, 0.25) is 0 Å². The maximum absolute atomic E-state index is 5.59. The minimum atomic E-state index is 0.546. The Labute approximate surface area is 97.6 Å². The average Bonchev–Trinajstić information content (AvgIpc) is 2.31. The van der Waals surface area contributed by atoms with E-state index in [1.807, 2.05) is 12.3 Å². The van der Waals surface area contributed by atoms with Crippen LogP contribution < -0.4 is 5.73 Å². The first kappa shape index (κ1) is 11.2. The first-order valence-electron chi connectivity index (χ1n) is 6.15. The summed E-state index contributed by atoms with van der Waals surface area (Å²) >= 11 is 0. The highest BCUT2D eigenvalue weighted by atomic mass is 14.7. The molecule has 1 saturated carbocycles. The second-order valence-corrected chi connectivity index (χ2v) is 4.79. The Morgan fingerprint density at radius 3 is 2.62 bits per heavy atom. The zero-order valence-corrected chi connectivity index (χ0v) is 9.78. The van der Waals surface area contributed by atoms with Crippen LogP contribution in [0.1, 0.15) is 43.4 Å². The van der Waals surface area contributed by atoms with E-state index in [1.165, 1.54) is 44.1 Å². The lowest BCUT2D eigenvalue weighted by molar-refractivity contribution is 0.356. The molecule has 2 heteroatoms. The number of nitrogens with zero attached hydrogens (tertiary/aromatic N) is 1. The highest BCUT2D eigenvalue weighted by Crippen LogP contribution is 2.26. The standard InChI is InChI=1S/C14H20N2/c1-11(15)14-8-7-13(10-16-14)9-12-5-3-2-4-6-12/h7-8,10,12H,1-6,9,15H2. The summed E-state index contributed by atoms with van der Waals surface area (Å²) in [5.74, 6) is 0.863. The Hall–Kier alpha value is -1.31. The molecular weight excluding hydrogens is 196 g/mol. The van der Waals surface area contributed by atoms with Crippen molar-refractivity contribution in [1.29, 1.82) is 0 Å². The monoisotopic (exact) mass is 216 g/mol. The van der Waals surface area contributed by atoms with Crippen LogP contribution in [0, 0.1) is 5.92 Å². The van der Waals surface area contributed by atoms with Gasteiger partial charge in [-0.2, -0.15) is 0 Å². The van der Waals surface area contributed by atoms with E-state index in [0.29, 0.717) is 5.70 Å². The van der Waals surface area contributed by atoms with Crippen LogP contribution in [0.2, 0.25) is 0 Å². The predicted molar refractivity (Wildman–Crippen MR) is 67.7 cm³/mol. The minimum absolute atomic E-state index is 0.546. The molecule has 1 aromatic rings. The van der Waals surface area contributed by atoms with Gasteiger partial charge in [-0.3, -0.25) is 4.98 Å². The van der Waals surface area contributed by atoms with Gasteiger partial charge >= 0.3 is 0 Å². The molecule has 16 heavy (non-hydrogen) atoms. The number of hydrogen-bond acceptors (Lipinski definition) is 2. The second kappa shape index (κ2) is 5.15. The summed E-state index contributed by atoms with van der Waals surface area (Å²) in [6.45, 7) is 3.69. The van der Waals surface area contributed by atoms with Gasteiger partial charge in [-0.05, 0) is 24.0 Å². The number of nitrogens with two attached hydrogens (primary N) is 1. The first-order valence-corrected chi connectivity index (χ1v) is 6.15. The summed E-state index contributed by atoms with van der Waals surface area (Å²) in [5, 5.41) is 0. The van der Waals surface area contributed by atoms with Crippen molar-refractivity contribution in [3.8, 4) is 0 Å². The third kappa shape index (κ3) is 2.84. The van der Waals surface area contributed by atoms with Gasteiger partial charge in [0.15, 0.2) is 0 Å². The van der Waals surface area contributed by atoms with Crippen LogP contribution >= 0.6 is 0 Å². The molecule has 86 valence electrons. The van der Waals surface area contributed by atoms with E-state index < -0.39 is 0 Å². The average molecular weight is 216 g/mol. The lowest BCUT2D eigenvalue weighted by Crippen LogP contribution is -2.09. The van der Waals surface area contributed by atoms with E-state index >= 15 is 0 Å². The van der Waals surface area contributed by atoms with Crippen LogP contribution in [0.25, 0.3) is 5.70 Å². The van der Waals surface area contributed by atoms with Crippen molar-refractivity contribution in [3.05, 3.63) is 36.2 Å². The molecule has 0 atom stereocenters. The van der Waals surface area contributed by atoms with Gasteiger partial charge in [0.1, 0.15) is 0 Å². The first-order chi connectivity index (χ1) is 7.75. The molecule has 2 N–H and O–H groups in total. The van der Waals surface area contributed by atoms with Crippen LogP contribution in [0.5, 0.6) is 0 Å². The zero-order chi connectivity index (χ0) is 11.4. The lowest BCUT2D eigenvalue weighted by atomic mass is 9.85. The number of rotatable bonds is 3. The lowest BCUT2D eigenvalue weighted by Gasteiger charge is -2.21. The summed E-state index contributed by atoms with van der Waals surface area (Å²) in [6, 6.07) is 4.11. The van der Waals surface area contributed by atoms with Gasteiger partial charge < -0.3 is 5.73 Å². The van der Waals surface area contributed by atoms with Gasteiger partial charge in [0.25, 0.3) is 0 Å². The van der Waals surface area contributed by atoms with Gasteiger partial charge in [-0.25, -0.2) is 0 Å². The molecule has 1 fully saturated rings. The molecule has 1 aliphatic rings. The fourth-order valence-corrected chi connectivity index (χ4v) is 2.46. The van der Waals surface area contributed by atoms with Crippen molar-refractivity contribution in [2.24, 2.45) is 11.7 Å². The third-order valence-electron chi connectivity index (χ3n) is 3.40. The van der Waals surface area contributed by atoms with Crippen LogP contribution in [0.3, 0.4) is 0 Å². The Bertz CT molecular complexity index is 348. The van der Waals surface area contributed by atoms with E-state index in [4.69, 9.17) is 5.73 Å². The molecule has 1 aromatic heterocycles. The van der Waals surface area contributed by atoms with Gasteiger partial charge in [0, 0.05) is 6.20 Å². The molecular formula is C14H20N2. The molecule has 0 amide bonds. The largest absolute Gasteiger partial charge is 0.397 e. The number of aromatic nitrogens is 1. The van der Waals surface area contributed by atoms with Gasteiger partial charge in [0.05, 0.1) is 11.4 Å². The maximum atomic E-state index is 5.59. The quantitative estimate of drug-likeness (QED) is 0.843. The normalized spacial score (nSPS) is 17.2.